The highest BCUT2D eigenvalue weighted by Crippen LogP contribution is 2.37. The first-order chi connectivity index (χ1) is 14.0. The number of rotatable bonds is 5. The van der Waals surface area contributed by atoms with Crippen LogP contribution in [-0.4, -0.2) is 54.3 Å². The van der Waals surface area contributed by atoms with E-state index in [0.29, 0.717) is 22.9 Å². The number of carbonyl (C=O) groups excluding carboxylic acids is 2. The second kappa shape index (κ2) is 8.13. The molecule has 1 aromatic carbocycles. The molecule has 0 spiro atoms. The van der Waals surface area contributed by atoms with E-state index in [1.165, 1.54) is 21.8 Å². The van der Waals surface area contributed by atoms with Gasteiger partial charge in [-0.2, -0.15) is 0 Å². The fourth-order valence-corrected chi connectivity index (χ4v) is 4.75. The zero-order valence-corrected chi connectivity index (χ0v) is 18.0. The minimum absolute atomic E-state index is 0.208. The number of amides is 2. The van der Waals surface area contributed by atoms with Crippen LogP contribution >= 0.6 is 11.3 Å². The topological polar surface area (TPSA) is 43.9 Å². The third-order valence-electron chi connectivity index (χ3n) is 5.78. The molecule has 2 aliphatic rings. The van der Waals surface area contributed by atoms with Gasteiger partial charge in [-0.15, -0.1) is 11.3 Å². The van der Waals surface area contributed by atoms with Crippen LogP contribution < -0.4 is 4.90 Å². The maximum absolute atomic E-state index is 13.5. The molecule has 2 amide bonds. The van der Waals surface area contributed by atoms with Gasteiger partial charge in [-0.1, -0.05) is 39.0 Å². The lowest BCUT2D eigenvalue weighted by Crippen LogP contribution is -2.47. The van der Waals surface area contributed by atoms with Gasteiger partial charge in [-0.05, 0) is 41.6 Å². The molecule has 29 heavy (non-hydrogen) atoms. The van der Waals surface area contributed by atoms with E-state index in [1.807, 2.05) is 41.8 Å². The van der Waals surface area contributed by atoms with E-state index < -0.39 is 0 Å². The van der Waals surface area contributed by atoms with Crippen LogP contribution in [0.3, 0.4) is 0 Å². The Labute approximate surface area is 176 Å². The smallest absolute Gasteiger partial charge is 0.282 e. The normalized spacial score (nSPS) is 18.5. The summed E-state index contributed by atoms with van der Waals surface area (Å²) in [7, 11) is 0. The third-order valence-corrected chi connectivity index (χ3v) is 6.67. The number of nitrogens with zero attached hydrogens (tertiary/aromatic N) is 3. The van der Waals surface area contributed by atoms with Crippen molar-refractivity contribution in [3.63, 3.8) is 0 Å². The van der Waals surface area contributed by atoms with Crippen LogP contribution in [0.25, 0.3) is 5.57 Å². The maximum Gasteiger partial charge on any atom is 0.282 e. The highest BCUT2D eigenvalue weighted by Gasteiger charge is 2.43. The van der Waals surface area contributed by atoms with Gasteiger partial charge in [0.25, 0.3) is 11.8 Å². The van der Waals surface area contributed by atoms with Crippen LogP contribution in [0.15, 0.2) is 47.5 Å². The SMILES string of the molecule is CCN1CCN(C2=C(c3cccs3)C(=O)N(c3ccc(C(C)C)cc3)C2=O)CC1. The molecule has 2 aromatic rings. The van der Waals surface area contributed by atoms with Crippen LogP contribution in [0, 0.1) is 0 Å². The van der Waals surface area contributed by atoms with Crippen LogP contribution in [0.4, 0.5) is 5.69 Å². The predicted octanol–water partition coefficient (Wildman–Crippen LogP) is 3.79. The summed E-state index contributed by atoms with van der Waals surface area (Å²) in [5.74, 6) is -0.0254. The molecule has 3 heterocycles. The number of hydrogen-bond donors (Lipinski definition) is 0. The number of hydrogen-bond acceptors (Lipinski definition) is 5. The lowest BCUT2D eigenvalue weighted by Gasteiger charge is -2.35. The number of anilines is 1. The van der Waals surface area contributed by atoms with Gasteiger partial charge in [-0.3, -0.25) is 9.59 Å². The Balaban J connectivity index is 1.70. The quantitative estimate of drug-likeness (QED) is 0.705. The Kier molecular flexibility index (Phi) is 5.56. The first-order valence-corrected chi connectivity index (χ1v) is 11.1. The van der Waals surface area contributed by atoms with Crippen LogP contribution in [0.2, 0.25) is 0 Å². The largest absolute Gasteiger partial charge is 0.364 e. The molecule has 0 bridgehead atoms. The summed E-state index contributed by atoms with van der Waals surface area (Å²) < 4.78 is 0. The number of likely N-dealkylation sites (N-methyl/N-ethyl adjacent to an activating group) is 1. The lowest BCUT2D eigenvalue weighted by atomic mass is 10.0. The molecule has 4 rings (SSSR count). The highest BCUT2D eigenvalue weighted by atomic mass is 32.1. The Hall–Kier alpha value is -2.44. The minimum Gasteiger partial charge on any atom is -0.364 e. The van der Waals surface area contributed by atoms with E-state index in [0.717, 1.165) is 37.6 Å². The molecular weight excluding hydrogens is 382 g/mol. The van der Waals surface area contributed by atoms with Crippen molar-refractivity contribution < 1.29 is 9.59 Å². The van der Waals surface area contributed by atoms with Gasteiger partial charge in [0.05, 0.1) is 11.3 Å². The standard InChI is InChI=1S/C23H27N3O2S/c1-4-24-11-13-25(14-12-24)21-20(19-6-5-15-29-19)22(27)26(23(21)28)18-9-7-17(8-10-18)16(2)3/h5-10,15-16H,4,11-14H2,1-3H3. The average Bonchev–Trinajstić information content (AvgIpc) is 3.34. The molecular formula is C23H27N3O2S. The van der Waals surface area contributed by atoms with Gasteiger partial charge >= 0.3 is 0 Å². The lowest BCUT2D eigenvalue weighted by molar-refractivity contribution is -0.120. The third kappa shape index (κ3) is 3.63. The molecule has 0 saturated carbocycles. The zero-order valence-electron chi connectivity index (χ0n) is 17.2. The Bertz CT molecular complexity index is 924. The molecule has 1 fully saturated rings. The Morgan fingerprint density at radius 2 is 1.66 bits per heavy atom. The summed E-state index contributed by atoms with van der Waals surface area (Å²) in [5.41, 5.74) is 2.93. The van der Waals surface area contributed by atoms with Gasteiger partial charge < -0.3 is 9.80 Å². The maximum atomic E-state index is 13.5. The molecule has 2 aliphatic heterocycles. The average molecular weight is 410 g/mol. The van der Waals surface area contributed by atoms with Crippen molar-refractivity contribution in [2.45, 2.75) is 26.7 Å². The summed E-state index contributed by atoms with van der Waals surface area (Å²) in [4.78, 5) is 33.6. The summed E-state index contributed by atoms with van der Waals surface area (Å²) in [6, 6.07) is 11.6. The van der Waals surface area contributed by atoms with Crippen molar-refractivity contribution >= 4 is 34.4 Å². The fourth-order valence-electron chi connectivity index (χ4n) is 3.98. The van der Waals surface area contributed by atoms with Gasteiger partial charge in [0.15, 0.2) is 0 Å². The van der Waals surface area contributed by atoms with E-state index in [2.05, 4.69) is 30.6 Å². The number of thiophene rings is 1. The van der Waals surface area contributed by atoms with Crippen molar-refractivity contribution in [3.05, 3.63) is 57.9 Å². The summed E-state index contributed by atoms with van der Waals surface area (Å²) in [6.07, 6.45) is 0. The predicted molar refractivity (Wildman–Crippen MR) is 118 cm³/mol. The fraction of sp³-hybridized carbons (Fsp3) is 0.391. The van der Waals surface area contributed by atoms with Gasteiger partial charge in [0.1, 0.15) is 5.70 Å². The molecule has 1 saturated heterocycles. The van der Waals surface area contributed by atoms with Crippen molar-refractivity contribution in [1.82, 2.24) is 9.80 Å². The van der Waals surface area contributed by atoms with E-state index >= 15 is 0 Å². The van der Waals surface area contributed by atoms with Crippen LogP contribution in [-0.2, 0) is 9.59 Å². The van der Waals surface area contributed by atoms with E-state index in [9.17, 15) is 9.59 Å². The highest BCUT2D eigenvalue weighted by molar-refractivity contribution is 7.11. The van der Waals surface area contributed by atoms with E-state index in [4.69, 9.17) is 0 Å². The second-order valence-electron chi connectivity index (χ2n) is 7.81. The van der Waals surface area contributed by atoms with E-state index in [-0.39, 0.29) is 11.8 Å². The molecule has 0 N–H and O–H groups in total. The summed E-state index contributed by atoms with van der Waals surface area (Å²) in [5, 5.41) is 1.95. The second-order valence-corrected chi connectivity index (χ2v) is 8.76. The van der Waals surface area contributed by atoms with Crippen molar-refractivity contribution in [1.29, 1.82) is 0 Å². The van der Waals surface area contributed by atoms with Crippen molar-refractivity contribution in [2.24, 2.45) is 0 Å². The summed E-state index contributed by atoms with van der Waals surface area (Å²) in [6.45, 7) is 10.8. The minimum atomic E-state index is -0.220. The zero-order chi connectivity index (χ0) is 20.5. The van der Waals surface area contributed by atoms with Crippen molar-refractivity contribution in [3.8, 4) is 0 Å². The Morgan fingerprint density at radius 1 is 0.966 bits per heavy atom. The Morgan fingerprint density at radius 3 is 2.21 bits per heavy atom. The van der Waals surface area contributed by atoms with Crippen LogP contribution in [0.5, 0.6) is 0 Å². The number of imide groups is 1. The molecule has 0 atom stereocenters. The molecule has 0 aliphatic carbocycles. The number of carbonyl (C=O) groups is 2. The number of piperazine rings is 1. The first-order valence-electron chi connectivity index (χ1n) is 10.3. The molecule has 1 aromatic heterocycles. The monoisotopic (exact) mass is 409 g/mol. The van der Waals surface area contributed by atoms with Crippen LogP contribution in [0.1, 0.15) is 37.1 Å². The molecule has 0 radical (unpaired) electrons. The molecule has 152 valence electrons. The van der Waals surface area contributed by atoms with Gasteiger partial charge in [0.2, 0.25) is 0 Å². The van der Waals surface area contributed by atoms with E-state index in [1.54, 1.807) is 0 Å². The molecule has 5 nitrogen and oxygen atoms in total. The first kappa shape index (κ1) is 19.9. The van der Waals surface area contributed by atoms with Gasteiger partial charge in [-0.25, -0.2) is 4.90 Å². The molecule has 6 heteroatoms. The molecule has 0 unspecified atom stereocenters. The summed E-state index contributed by atoms with van der Waals surface area (Å²) >= 11 is 1.51. The van der Waals surface area contributed by atoms with Crippen molar-refractivity contribution in [2.75, 3.05) is 37.6 Å². The number of benzene rings is 1. The van der Waals surface area contributed by atoms with Gasteiger partial charge in [0, 0.05) is 31.1 Å².